The number of allylic oxidation sites excluding steroid dienone is 4. The van der Waals surface area contributed by atoms with Gasteiger partial charge in [-0.1, -0.05) is 19.9 Å². The van der Waals surface area contributed by atoms with Crippen molar-refractivity contribution in [3.05, 3.63) is 23.6 Å². The number of aliphatic hydroxyl groups is 1. The lowest BCUT2D eigenvalue weighted by atomic mass is 9.44. The molecule has 0 radical (unpaired) electrons. The second-order valence-corrected chi connectivity index (χ2v) is 10.1. The highest BCUT2D eigenvalue weighted by molar-refractivity contribution is 5.75. The quantitative estimate of drug-likeness (QED) is 0.675. The lowest BCUT2D eigenvalue weighted by molar-refractivity contribution is -0.127. The minimum Gasteiger partial charge on any atom is -0.513 e. The van der Waals surface area contributed by atoms with Crippen LogP contribution in [0.4, 0.5) is 0 Å². The van der Waals surface area contributed by atoms with Gasteiger partial charge in [-0.25, -0.2) is 0 Å². The van der Waals surface area contributed by atoms with Crippen LogP contribution in [0.15, 0.2) is 23.6 Å². The van der Waals surface area contributed by atoms with E-state index in [-0.39, 0.29) is 28.7 Å². The summed E-state index contributed by atoms with van der Waals surface area (Å²) in [6.07, 6.45) is 10.1. The number of fused-ring (bicyclic) bond motifs is 5. The maximum atomic E-state index is 12.0. The molecule has 5 heteroatoms. The van der Waals surface area contributed by atoms with Crippen LogP contribution in [0.2, 0.25) is 0 Å². The molecule has 0 aliphatic heterocycles. The second kappa shape index (κ2) is 6.64. The molecule has 0 aromatic carbocycles. The lowest BCUT2D eigenvalue weighted by Crippen LogP contribution is -2.61. The Kier molecular flexibility index (Phi) is 4.63. The monoisotopic (exact) mass is 386 g/mol. The van der Waals surface area contributed by atoms with E-state index in [4.69, 9.17) is 0 Å². The zero-order chi connectivity index (χ0) is 20.3. The molecule has 0 spiro atoms. The van der Waals surface area contributed by atoms with E-state index >= 15 is 0 Å². The zero-order valence-corrected chi connectivity index (χ0v) is 17.5. The molecule has 4 aliphatic rings. The SMILES string of the molecule is CC(=O)NC1=CC[C@H]2[C@@H]3[C@@H](NC(C)=O)CC4C=C(O)CC[C@]4(C)[C@H]3CC[C@]12C. The molecule has 1 unspecified atom stereocenters. The fourth-order valence-corrected chi connectivity index (χ4v) is 7.21. The smallest absolute Gasteiger partial charge is 0.221 e. The summed E-state index contributed by atoms with van der Waals surface area (Å²) in [5.41, 5.74) is 1.22. The van der Waals surface area contributed by atoms with Gasteiger partial charge >= 0.3 is 0 Å². The van der Waals surface area contributed by atoms with E-state index in [1.807, 2.05) is 0 Å². The van der Waals surface area contributed by atoms with Crippen molar-refractivity contribution in [1.82, 2.24) is 10.6 Å². The minimum absolute atomic E-state index is 0.00257. The van der Waals surface area contributed by atoms with Gasteiger partial charge in [-0.05, 0) is 67.3 Å². The molecule has 4 aliphatic carbocycles. The molecule has 4 rings (SSSR count). The van der Waals surface area contributed by atoms with Gasteiger partial charge in [0.05, 0.1) is 5.76 Å². The summed E-state index contributed by atoms with van der Waals surface area (Å²) in [6.45, 7) is 7.89. The summed E-state index contributed by atoms with van der Waals surface area (Å²) in [4.78, 5) is 23.8. The largest absolute Gasteiger partial charge is 0.513 e. The number of hydrogen-bond donors (Lipinski definition) is 3. The molecular formula is C23H34N2O3. The fraction of sp³-hybridized carbons (Fsp3) is 0.739. The summed E-state index contributed by atoms with van der Waals surface area (Å²) < 4.78 is 0. The van der Waals surface area contributed by atoms with Gasteiger partial charge in [0.25, 0.3) is 0 Å². The summed E-state index contributed by atoms with van der Waals surface area (Å²) in [5, 5.41) is 16.5. The third-order valence-electron chi connectivity index (χ3n) is 8.59. The van der Waals surface area contributed by atoms with Crippen molar-refractivity contribution < 1.29 is 14.7 Å². The first-order valence-corrected chi connectivity index (χ1v) is 10.8. The standard InChI is InChI=1S/C23H34N2O3/c1-13(26)24-19-12-15-11-16(28)7-9-22(15,3)18-8-10-23(4)17(21(18)19)5-6-20(23)25-14(2)27/h6,11,15,17-19,21,28H,5,7-10,12H2,1-4H3,(H,24,26)(H,25,27)/t15?,17-,18-,19-,21-,22-,23-/m0/s1. The van der Waals surface area contributed by atoms with Gasteiger partial charge in [-0.15, -0.1) is 0 Å². The average Bonchev–Trinajstić information content (AvgIpc) is 2.92. The molecule has 2 fully saturated rings. The van der Waals surface area contributed by atoms with Crippen molar-refractivity contribution in [3.63, 3.8) is 0 Å². The molecule has 28 heavy (non-hydrogen) atoms. The lowest BCUT2D eigenvalue weighted by Gasteiger charge is -2.61. The molecule has 0 aromatic heterocycles. The van der Waals surface area contributed by atoms with Crippen molar-refractivity contribution in [1.29, 1.82) is 0 Å². The summed E-state index contributed by atoms with van der Waals surface area (Å²) in [7, 11) is 0. The van der Waals surface area contributed by atoms with E-state index in [2.05, 4.69) is 36.6 Å². The Bertz CT molecular complexity index is 757. The Morgan fingerprint density at radius 1 is 1.14 bits per heavy atom. The van der Waals surface area contributed by atoms with Crippen LogP contribution in [0.5, 0.6) is 0 Å². The van der Waals surface area contributed by atoms with Gasteiger partial charge in [-0.3, -0.25) is 9.59 Å². The molecule has 2 saturated carbocycles. The Balaban J connectivity index is 1.70. The van der Waals surface area contributed by atoms with E-state index in [0.717, 1.165) is 44.2 Å². The van der Waals surface area contributed by atoms with Crippen LogP contribution in [0.3, 0.4) is 0 Å². The first kappa shape index (κ1) is 19.5. The molecule has 3 N–H and O–H groups in total. The number of rotatable bonds is 2. The first-order valence-electron chi connectivity index (χ1n) is 10.8. The highest BCUT2D eigenvalue weighted by Crippen LogP contribution is 2.65. The van der Waals surface area contributed by atoms with Crippen LogP contribution in [-0.2, 0) is 9.59 Å². The van der Waals surface area contributed by atoms with Gasteiger partial charge in [0.15, 0.2) is 0 Å². The first-order chi connectivity index (χ1) is 13.1. The topological polar surface area (TPSA) is 78.4 Å². The second-order valence-electron chi connectivity index (χ2n) is 10.1. The van der Waals surface area contributed by atoms with Gasteiger partial charge in [0.1, 0.15) is 0 Å². The number of carbonyl (C=O) groups excluding carboxylic acids is 2. The number of amides is 2. The predicted molar refractivity (Wildman–Crippen MR) is 108 cm³/mol. The van der Waals surface area contributed by atoms with Crippen molar-refractivity contribution in [3.8, 4) is 0 Å². The van der Waals surface area contributed by atoms with Crippen molar-refractivity contribution in [2.75, 3.05) is 0 Å². The van der Waals surface area contributed by atoms with E-state index in [1.165, 1.54) is 0 Å². The molecule has 7 atom stereocenters. The molecule has 0 bridgehead atoms. The van der Waals surface area contributed by atoms with Crippen LogP contribution in [0.25, 0.3) is 0 Å². The summed E-state index contributed by atoms with van der Waals surface area (Å²) in [5.74, 6) is 2.21. The molecule has 0 heterocycles. The molecule has 0 saturated heterocycles. The van der Waals surface area contributed by atoms with Crippen molar-refractivity contribution in [2.45, 2.75) is 72.3 Å². The number of nitrogens with one attached hydrogen (secondary N) is 2. The third-order valence-corrected chi connectivity index (χ3v) is 8.59. The Morgan fingerprint density at radius 2 is 1.89 bits per heavy atom. The Labute approximate surface area is 168 Å². The molecule has 5 nitrogen and oxygen atoms in total. The van der Waals surface area contributed by atoms with Gasteiger partial charge in [0, 0.05) is 37.4 Å². The van der Waals surface area contributed by atoms with Crippen LogP contribution < -0.4 is 10.6 Å². The average molecular weight is 387 g/mol. The normalized spacial score (nSPS) is 44.4. The van der Waals surface area contributed by atoms with Crippen LogP contribution in [0, 0.1) is 34.5 Å². The summed E-state index contributed by atoms with van der Waals surface area (Å²) >= 11 is 0. The number of aliphatic hydroxyl groups excluding tert-OH is 1. The van der Waals surface area contributed by atoms with E-state index in [1.54, 1.807) is 13.8 Å². The van der Waals surface area contributed by atoms with Crippen LogP contribution >= 0.6 is 0 Å². The maximum absolute atomic E-state index is 12.0. The van der Waals surface area contributed by atoms with Crippen LogP contribution in [-0.4, -0.2) is 23.0 Å². The zero-order valence-electron chi connectivity index (χ0n) is 17.5. The molecule has 0 aromatic rings. The highest BCUT2D eigenvalue weighted by atomic mass is 16.3. The maximum Gasteiger partial charge on any atom is 0.221 e. The minimum atomic E-state index is -0.0284. The predicted octanol–water partition coefficient (Wildman–Crippen LogP) is 3.83. The van der Waals surface area contributed by atoms with E-state index in [0.29, 0.717) is 29.4 Å². The fourth-order valence-electron chi connectivity index (χ4n) is 7.21. The molecule has 2 amide bonds. The van der Waals surface area contributed by atoms with Crippen molar-refractivity contribution >= 4 is 11.8 Å². The number of carbonyl (C=O) groups is 2. The van der Waals surface area contributed by atoms with Crippen LogP contribution in [0.1, 0.15) is 66.2 Å². The van der Waals surface area contributed by atoms with Gasteiger partial charge in [0.2, 0.25) is 11.8 Å². The van der Waals surface area contributed by atoms with Crippen molar-refractivity contribution in [2.24, 2.45) is 34.5 Å². The summed E-state index contributed by atoms with van der Waals surface area (Å²) in [6, 6.07) is 0.123. The number of hydrogen-bond acceptors (Lipinski definition) is 3. The van der Waals surface area contributed by atoms with E-state index in [9.17, 15) is 14.7 Å². The Hall–Kier alpha value is -1.78. The molecular weight excluding hydrogens is 352 g/mol. The molecule has 154 valence electrons. The Morgan fingerprint density at radius 3 is 2.57 bits per heavy atom. The van der Waals surface area contributed by atoms with E-state index < -0.39 is 0 Å². The highest BCUT2D eigenvalue weighted by Gasteiger charge is 2.61. The third kappa shape index (κ3) is 2.89. The van der Waals surface area contributed by atoms with Gasteiger partial charge < -0.3 is 15.7 Å². The van der Waals surface area contributed by atoms with Gasteiger partial charge in [-0.2, -0.15) is 0 Å².